The van der Waals surface area contributed by atoms with E-state index in [2.05, 4.69) is 32.3 Å². The van der Waals surface area contributed by atoms with Crippen molar-refractivity contribution in [1.29, 1.82) is 0 Å². The molecule has 7 heteroatoms. The predicted octanol–water partition coefficient (Wildman–Crippen LogP) is 4.90. The van der Waals surface area contributed by atoms with Crippen molar-refractivity contribution in [3.63, 3.8) is 0 Å². The van der Waals surface area contributed by atoms with Gasteiger partial charge in [-0.25, -0.2) is 4.98 Å². The number of morpholine rings is 1. The lowest BCUT2D eigenvalue weighted by Crippen LogP contribution is -2.38. The van der Waals surface area contributed by atoms with Gasteiger partial charge in [-0.2, -0.15) is 0 Å². The number of benzene rings is 1. The van der Waals surface area contributed by atoms with Crippen LogP contribution in [0.15, 0.2) is 54.7 Å². The van der Waals surface area contributed by atoms with Gasteiger partial charge in [-0.1, -0.05) is 12.1 Å². The molecule has 4 rings (SSSR count). The van der Waals surface area contributed by atoms with E-state index in [1.54, 1.807) is 7.11 Å². The van der Waals surface area contributed by atoms with Crippen molar-refractivity contribution in [2.45, 2.75) is 39.5 Å². The predicted molar refractivity (Wildman–Crippen MR) is 129 cm³/mol. The van der Waals surface area contributed by atoms with Crippen LogP contribution >= 0.6 is 0 Å². The van der Waals surface area contributed by atoms with Crippen LogP contribution in [0.3, 0.4) is 0 Å². The lowest BCUT2D eigenvalue weighted by molar-refractivity contribution is -0.0350. The summed E-state index contributed by atoms with van der Waals surface area (Å²) in [4.78, 5) is 11.5. The molecule has 3 heterocycles. The first-order valence-electron chi connectivity index (χ1n) is 11.3. The fourth-order valence-electron chi connectivity index (χ4n) is 3.88. The maximum absolute atomic E-state index is 6.04. The second-order valence-corrected chi connectivity index (χ2v) is 8.51. The van der Waals surface area contributed by atoms with Crippen molar-refractivity contribution in [3.05, 3.63) is 71.7 Å². The highest BCUT2D eigenvalue weighted by Crippen LogP contribution is 2.30. The van der Waals surface area contributed by atoms with Gasteiger partial charge in [0.05, 0.1) is 37.4 Å². The lowest BCUT2D eigenvalue weighted by Gasteiger charge is -2.32. The van der Waals surface area contributed by atoms with Crippen LogP contribution in [0, 0.1) is 6.92 Å². The molecule has 0 spiro atoms. The SMILES string of the molecule is COc1ccc(CN2CCO[C@@H](c3ccc(Nc4cccc(C)n4)cn3)C2)cc1OC(C)C. The topological polar surface area (TPSA) is 68.7 Å². The highest BCUT2D eigenvalue weighted by Gasteiger charge is 2.23. The van der Waals surface area contributed by atoms with Crippen LogP contribution in [-0.4, -0.2) is 47.8 Å². The van der Waals surface area contributed by atoms with E-state index in [0.29, 0.717) is 6.61 Å². The molecule has 7 nitrogen and oxygen atoms in total. The molecule has 0 unspecified atom stereocenters. The van der Waals surface area contributed by atoms with Gasteiger partial charge in [-0.15, -0.1) is 0 Å². The quantitative estimate of drug-likeness (QED) is 0.526. The molecule has 0 bridgehead atoms. The summed E-state index contributed by atoms with van der Waals surface area (Å²) in [6, 6.07) is 16.1. The molecule has 3 aromatic rings. The molecule has 1 atom stereocenters. The molecular weight excluding hydrogens is 416 g/mol. The van der Waals surface area contributed by atoms with Gasteiger partial charge in [0.1, 0.15) is 11.9 Å². The van der Waals surface area contributed by atoms with Gasteiger partial charge in [0, 0.05) is 25.3 Å². The minimum atomic E-state index is -0.0606. The van der Waals surface area contributed by atoms with Gasteiger partial charge >= 0.3 is 0 Å². The third kappa shape index (κ3) is 6.21. The van der Waals surface area contributed by atoms with Crippen molar-refractivity contribution in [2.24, 2.45) is 0 Å². The molecule has 1 aliphatic rings. The molecule has 1 saturated heterocycles. The van der Waals surface area contributed by atoms with Gasteiger partial charge in [-0.3, -0.25) is 9.88 Å². The maximum atomic E-state index is 6.04. The maximum Gasteiger partial charge on any atom is 0.161 e. The van der Waals surface area contributed by atoms with Gasteiger partial charge in [-0.05, 0) is 62.7 Å². The summed E-state index contributed by atoms with van der Waals surface area (Å²) in [5, 5.41) is 3.30. The molecule has 1 fully saturated rings. The zero-order chi connectivity index (χ0) is 23.2. The number of hydrogen-bond acceptors (Lipinski definition) is 7. The monoisotopic (exact) mass is 448 g/mol. The third-order valence-corrected chi connectivity index (χ3v) is 5.42. The number of hydrogen-bond donors (Lipinski definition) is 1. The summed E-state index contributed by atoms with van der Waals surface area (Å²) >= 11 is 0. The number of nitrogens with zero attached hydrogens (tertiary/aromatic N) is 3. The van der Waals surface area contributed by atoms with E-state index in [-0.39, 0.29) is 12.2 Å². The van der Waals surface area contributed by atoms with Crippen LogP contribution in [0.5, 0.6) is 11.5 Å². The van der Waals surface area contributed by atoms with E-state index in [1.165, 1.54) is 5.56 Å². The molecule has 0 amide bonds. The first kappa shape index (κ1) is 23.0. The molecule has 0 aliphatic carbocycles. The van der Waals surface area contributed by atoms with Crippen LogP contribution in [-0.2, 0) is 11.3 Å². The Hall–Kier alpha value is -3.16. The molecule has 2 aromatic heterocycles. The molecule has 0 saturated carbocycles. The molecule has 174 valence electrons. The number of ether oxygens (including phenoxy) is 3. The van der Waals surface area contributed by atoms with Crippen LogP contribution in [0.2, 0.25) is 0 Å². The van der Waals surface area contributed by atoms with Crippen molar-refractivity contribution >= 4 is 11.5 Å². The zero-order valence-electron chi connectivity index (χ0n) is 19.7. The average molecular weight is 449 g/mol. The molecule has 1 aromatic carbocycles. The minimum absolute atomic E-state index is 0.0606. The normalized spacial score (nSPS) is 16.6. The second-order valence-electron chi connectivity index (χ2n) is 8.51. The van der Waals surface area contributed by atoms with Crippen molar-refractivity contribution in [2.75, 3.05) is 32.1 Å². The Kier molecular flexibility index (Phi) is 7.42. The van der Waals surface area contributed by atoms with Crippen molar-refractivity contribution < 1.29 is 14.2 Å². The van der Waals surface area contributed by atoms with E-state index in [4.69, 9.17) is 14.2 Å². The van der Waals surface area contributed by atoms with Crippen LogP contribution in [0.4, 0.5) is 11.5 Å². The number of methoxy groups -OCH3 is 1. The highest BCUT2D eigenvalue weighted by molar-refractivity contribution is 5.55. The number of rotatable bonds is 8. The van der Waals surface area contributed by atoms with Crippen LogP contribution in [0.25, 0.3) is 0 Å². The molecule has 33 heavy (non-hydrogen) atoms. The summed E-state index contributed by atoms with van der Waals surface area (Å²) in [6.45, 7) is 9.16. The van der Waals surface area contributed by atoms with E-state index >= 15 is 0 Å². The first-order chi connectivity index (χ1) is 16.0. The van der Waals surface area contributed by atoms with Crippen LogP contribution in [0.1, 0.15) is 36.9 Å². The van der Waals surface area contributed by atoms with Gasteiger partial charge < -0.3 is 19.5 Å². The average Bonchev–Trinajstić information content (AvgIpc) is 2.80. The van der Waals surface area contributed by atoms with Crippen molar-refractivity contribution in [1.82, 2.24) is 14.9 Å². The Morgan fingerprint density at radius 2 is 2.03 bits per heavy atom. The number of anilines is 2. The Morgan fingerprint density at radius 3 is 2.76 bits per heavy atom. The Morgan fingerprint density at radius 1 is 1.15 bits per heavy atom. The first-order valence-corrected chi connectivity index (χ1v) is 11.3. The summed E-state index contributed by atoms with van der Waals surface area (Å²) in [5.74, 6) is 2.35. The molecular formula is C26H32N4O3. The number of nitrogens with one attached hydrogen (secondary N) is 1. The summed E-state index contributed by atoms with van der Waals surface area (Å²) < 4.78 is 17.4. The van der Waals surface area contributed by atoms with Gasteiger partial charge in [0.25, 0.3) is 0 Å². The van der Waals surface area contributed by atoms with E-state index in [0.717, 1.165) is 54.0 Å². The Bertz CT molecular complexity index is 1060. The van der Waals surface area contributed by atoms with Gasteiger partial charge in [0.2, 0.25) is 0 Å². The summed E-state index contributed by atoms with van der Waals surface area (Å²) in [5.41, 5.74) is 3.99. The fourth-order valence-corrected chi connectivity index (χ4v) is 3.88. The van der Waals surface area contributed by atoms with E-state index in [1.807, 2.05) is 63.4 Å². The van der Waals surface area contributed by atoms with Crippen molar-refractivity contribution in [3.8, 4) is 11.5 Å². The molecule has 1 aliphatic heterocycles. The number of aryl methyl sites for hydroxylation is 1. The smallest absolute Gasteiger partial charge is 0.161 e. The summed E-state index contributed by atoms with van der Waals surface area (Å²) in [6.07, 6.45) is 1.86. The summed E-state index contributed by atoms with van der Waals surface area (Å²) in [7, 11) is 1.67. The lowest BCUT2D eigenvalue weighted by atomic mass is 10.1. The minimum Gasteiger partial charge on any atom is -0.493 e. The Labute approximate surface area is 195 Å². The van der Waals surface area contributed by atoms with E-state index < -0.39 is 0 Å². The standard InChI is InChI=1S/C26H32N4O3/c1-18(2)33-24-14-20(8-11-23(24)31-4)16-30-12-13-32-25(17-30)22-10-9-21(15-27-22)29-26-7-5-6-19(3)28-26/h5-11,14-15,18,25H,12-13,16-17H2,1-4H3,(H,28,29)/t25-/m1/s1. The number of pyridine rings is 2. The number of aromatic nitrogens is 2. The second kappa shape index (κ2) is 10.6. The van der Waals surface area contributed by atoms with E-state index in [9.17, 15) is 0 Å². The largest absolute Gasteiger partial charge is 0.493 e. The molecule has 0 radical (unpaired) electrons. The highest BCUT2D eigenvalue weighted by atomic mass is 16.5. The van der Waals surface area contributed by atoms with Gasteiger partial charge in [0.15, 0.2) is 11.5 Å². The zero-order valence-corrected chi connectivity index (χ0v) is 19.7. The molecule has 1 N–H and O–H groups in total. The Balaban J connectivity index is 1.39. The third-order valence-electron chi connectivity index (χ3n) is 5.42. The fraction of sp³-hybridized carbons (Fsp3) is 0.385. The van der Waals surface area contributed by atoms with Crippen LogP contribution < -0.4 is 14.8 Å².